The number of nitro groups is 1. The van der Waals surface area contributed by atoms with E-state index in [1.165, 1.54) is 17.0 Å². The molecule has 2 rings (SSSR count). The van der Waals surface area contributed by atoms with E-state index in [1.807, 2.05) is 25.1 Å². The van der Waals surface area contributed by atoms with Crippen molar-refractivity contribution in [1.82, 2.24) is 0 Å². The number of ether oxygens (including phenoxy) is 1. The summed E-state index contributed by atoms with van der Waals surface area (Å²) in [6.45, 7) is 1.50. The molecule has 0 aliphatic heterocycles. The maximum Gasteiger partial charge on any atom is 0.341 e. The number of nitro benzene ring substituents is 1. The van der Waals surface area contributed by atoms with Crippen molar-refractivity contribution in [3.05, 3.63) is 63.7 Å². The zero-order valence-electron chi connectivity index (χ0n) is 17.0. The highest BCUT2D eigenvalue weighted by molar-refractivity contribution is 6.00. The molecule has 2 aromatic carbocycles. The number of nitrogens with zero attached hydrogens (tertiary/aromatic N) is 4. The molecule has 1 amide bonds. The quantitative estimate of drug-likeness (QED) is 0.373. The normalized spacial score (nSPS) is 10.1. The SMILES string of the molecule is Cc1ccc(N(CCC#N)C(=O)COC(=O)c2cc([N+](=O)[O-])ccc2N(C)C)cc1. The van der Waals surface area contributed by atoms with Crippen LogP contribution in [0, 0.1) is 28.4 Å². The Morgan fingerprint density at radius 3 is 2.40 bits per heavy atom. The molecule has 0 aliphatic carbocycles. The van der Waals surface area contributed by atoms with Gasteiger partial charge in [0.05, 0.1) is 28.7 Å². The van der Waals surface area contributed by atoms with E-state index in [2.05, 4.69) is 0 Å². The average molecular weight is 410 g/mol. The van der Waals surface area contributed by atoms with E-state index in [-0.39, 0.29) is 24.2 Å². The highest BCUT2D eigenvalue weighted by Crippen LogP contribution is 2.25. The van der Waals surface area contributed by atoms with Gasteiger partial charge in [-0.1, -0.05) is 17.7 Å². The summed E-state index contributed by atoms with van der Waals surface area (Å²) in [7, 11) is 3.37. The maximum atomic E-state index is 12.7. The fourth-order valence-corrected chi connectivity index (χ4v) is 2.76. The summed E-state index contributed by atoms with van der Waals surface area (Å²) in [4.78, 5) is 38.7. The summed E-state index contributed by atoms with van der Waals surface area (Å²) >= 11 is 0. The van der Waals surface area contributed by atoms with Gasteiger partial charge in [0.25, 0.3) is 11.6 Å². The summed E-state index contributed by atoms with van der Waals surface area (Å²) in [5.41, 5.74) is 1.76. The van der Waals surface area contributed by atoms with E-state index < -0.39 is 23.4 Å². The lowest BCUT2D eigenvalue weighted by molar-refractivity contribution is -0.384. The van der Waals surface area contributed by atoms with Gasteiger partial charge in [0, 0.05) is 38.5 Å². The Labute approximate surface area is 174 Å². The molecule has 0 unspecified atom stereocenters. The molecule has 0 aromatic heterocycles. The van der Waals surface area contributed by atoms with E-state index in [0.29, 0.717) is 11.4 Å². The molecule has 0 aliphatic rings. The minimum atomic E-state index is -0.847. The minimum Gasteiger partial charge on any atom is -0.452 e. The van der Waals surface area contributed by atoms with Gasteiger partial charge in [-0.15, -0.1) is 0 Å². The number of non-ortho nitro benzene ring substituents is 1. The summed E-state index contributed by atoms with van der Waals surface area (Å²) in [5, 5.41) is 19.9. The van der Waals surface area contributed by atoms with E-state index >= 15 is 0 Å². The second-order valence-corrected chi connectivity index (χ2v) is 6.72. The predicted octanol–water partition coefficient (Wildman–Crippen LogP) is 3.07. The number of hydrogen-bond acceptors (Lipinski definition) is 7. The van der Waals surface area contributed by atoms with Crippen molar-refractivity contribution in [3.8, 4) is 6.07 Å². The van der Waals surface area contributed by atoms with Gasteiger partial charge in [-0.05, 0) is 25.1 Å². The van der Waals surface area contributed by atoms with Crippen molar-refractivity contribution in [1.29, 1.82) is 5.26 Å². The molecule has 0 spiro atoms. The molecule has 0 fully saturated rings. The molecule has 0 bridgehead atoms. The highest BCUT2D eigenvalue weighted by atomic mass is 16.6. The molecular formula is C21H22N4O5. The van der Waals surface area contributed by atoms with E-state index in [4.69, 9.17) is 10.00 Å². The molecule has 9 nitrogen and oxygen atoms in total. The van der Waals surface area contributed by atoms with Crippen molar-refractivity contribution in [3.63, 3.8) is 0 Å². The summed E-state index contributed by atoms with van der Waals surface area (Å²) in [6.07, 6.45) is 0.114. The summed E-state index contributed by atoms with van der Waals surface area (Å²) in [6, 6.07) is 13.0. The molecule has 0 N–H and O–H groups in total. The van der Waals surface area contributed by atoms with Crippen molar-refractivity contribution in [2.24, 2.45) is 0 Å². The lowest BCUT2D eigenvalue weighted by Crippen LogP contribution is -2.35. The fraction of sp³-hybridized carbons (Fsp3) is 0.286. The predicted molar refractivity (Wildman–Crippen MR) is 111 cm³/mol. The standard InChI is InChI=1S/C21H22N4O5/c1-15-5-7-16(8-6-15)24(12-4-11-22)20(26)14-30-21(27)18-13-17(25(28)29)9-10-19(18)23(2)3/h5-10,13H,4,12,14H2,1-3H3. The largest absolute Gasteiger partial charge is 0.452 e. The summed E-state index contributed by atoms with van der Waals surface area (Å²) in [5.74, 6) is -1.35. The van der Waals surface area contributed by atoms with Gasteiger partial charge in [0.15, 0.2) is 6.61 Å². The Kier molecular flexibility index (Phi) is 7.47. The van der Waals surface area contributed by atoms with Crippen LogP contribution < -0.4 is 9.80 Å². The van der Waals surface area contributed by atoms with Crippen molar-refractivity contribution in [2.75, 3.05) is 37.0 Å². The lowest BCUT2D eigenvalue weighted by atomic mass is 10.1. The topological polar surface area (TPSA) is 117 Å². The maximum absolute atomic E-state index is 12.7. The summed E-state index contributed by atoms with van der Waals surface area (Å²) < 4.78 is 5.16. The molecule has 0 atom stereocenters. The van der Waals surface area contributed by atoms with Crippen LogP contribution in [0.25, 0.3) is 0 Å². The van der Waals surface area contributed by atoms with E-state index in [1.54, 1.807) is 31.1 Å². The molecule has 2 aromatic rings. The van der Waals surface area contributed by atoms with Crippen LogP contribution in [-0.2, 0) is 9.53 Å². The Bertz CT molecular complexity index is 980. The molecule has 9 heteroatoms. The first-order valence-corrected chi connectivity index (χ1v) is 9.11. The number of anilines is 2. The minimum absolute atomic E-state index is 0.0130. The van der Waals surface area contributed by atoms with Crippen LogP contribution in [0.5, 0.6) is 0 Å². The number of hydrogen-bond donors (Lipinski definition) is 0. The second-order valence-electron chi connectivity index (χ2n) is 6.72. The lowest BCUT2D eigenvalue weighted by Gasteiger charge is -2.22. The Balaban J connectivity index is 2.19. The number of rotatable bonds is 8. The first kappa shape index (κ1) is 22.4. The Hall–Kier alpha value is -3.93. The molecule has 156 valence electrons. The number of esters is 1. The first-order valence-electron chi connectivity index (χ1n) is 9.11. The molecule has 0 heterocycles. The monoisotopic (exact) mass is 410 g/mol. The number of carbonyl (C=O) groups is 2. The Morgan fingerprint density at radius 2 is 1.83 bits per heavy atom. The van der Waals surface area contributed by atoms with Crippen LogP contribution >= 0.6 is 0 Å². The van der Waals surface area contributed by atoms with E-state index in [9.17, 15) is 19.7 Å². The highest BCUT2D eigenvalue weighted by Gasteiger charge is 2.22. The smallest absolute Gasteiger partial charge is 0.341 e. The van der Waals surface area contributed by atoms with Gasteiger partial charge in [-0.3, -0.25) is 14.9 Å². The molecule has 0 saturated carbocycles. The molecule has 0 radical (unpaired) electrons. The second kappa shape index (κ2) is 10.0. The van der Waals surface area contributed by atoms with Crippen LogP contribution in [0.1, 0.15) is 22.3 Å². The van der Waals surface area contributed by atoms with Gasteiger partial charge in [-0.25, -0.2) is 4.79 Å². The molecule has 0 saturated heterocycles. The van der Waals surface area contributed by atoms with Gasteiger partial charge < -0.3 is 14.5 Å². The van der Waals surface area contributed by atoms with Crippen molar-refractivity contribution < 1.29 is 19.2 Å². The van der Waals surface area contributed by atoms with Gasteiger partial charge >= 0.3 is 5.97 Å². The number of aryl methyl sites for hydroxylation is 1. The van der Waals surface area contributed by atoms with Crippen LogP contribution in [0.2, 0.25) is 0 Å². The van der Waals surface area contributed by atoms with Crippen molar-refractivity contribution in [2.45, 2.75) is 13.3 Å². The Morgan fingerprint density at radius 1 is 1.17 bits per heavy atom. The third-order valence-electron chi connectivity index (χ3n) is 4.31. The molecule has 30 heavy (non-hydrogen) atoms. The third-order valence-corrected chi connectivity index (χ3v) is 4.31. The van der Waals surface area contributed by atoms with Gasteiger partial charge in [0.2, 0.25) is 0 Å². The number of amides is 1. The third kappa shape index (κ3) is 5.54. The van der Waals surface area contributed by atoms with Crippen molar-refractivity contribution >= 4 is 28.9 Å². The van der Waals surface area contributed by atoms with Gasteiger partial charge in [0.1, 0.15) is 0 Å². The zero-order valence-corrected chi connectivity index (χ0v) is 17.0. The van der Waals surface area contributed by atoms with Crippen LogP contribution in [0.4, 0.5) is 17.1 Å². The first-order chi connectivity index (χ1) is 14.2. The zero-order chi connectivity index (χ0) is 22.3. The van der Waals surface area contributed by atoms with Crippen LogP contribution in [0.3, 0.4) is 0 Å². The average Bonchev–Trinajstić information content (AvgIpc) is 2.72. The number of benzene rings is 2. The molecular weight excluding hydrogens is 388 g/mol. The van der Waals surface area contributed by atoms with Crippen LogP contribution in [0.15, 0.2) is 42.5 Å². The number of nitriles is 1. The van der Waals surface area contributed by atoms with E-state index in [0.717, 1.165) is 11.6 Å². The van der Waals surface area contributed by atoms with Gasteiger partial charge in [-0.2, -0.15) is 5.26 Å². The number of carbonyl (C=O) groups excluding carboxylic acids is 2. The fourth-order valence-electron chi connectivity index (χ4n) is 2.76. The van der Waals surface area contributed by atoms with Crippen LogP contribution in [-0.4, -0.2) is 44.0 Å².